The zero-order valence-corrected chi connectivity index (χ0v) is 14.3. The van der Waals surface area contributed by atoms with E-state index in [-0.39, 0.29) is 28.7 Å². The smallest absolute Gasteiger partial charge is 0.244 e. The molecule has 118 valence electrons. The first kappa shape index (κ1) is 15.8. The molecule has 0 N–H and O–H groups in total. The van der Waals surface area contributed by atoms with Crippen LogP contribution in [0.3, 0.4) is 0 Å². The van der Waals surface area contributed by atoms with Crippen molar-refractivity contribution >= 4 is 44.3 Å². The number of sulfone groups is 1. The highest BCUT2D eigenvalue weighted by atomic mass is 35.5. The van der Waals surface area contributed by atoms with E-state index in [0.717, 1.165) is 5.56 Å². The maximum Gasteiger partial charge on any atom is 0.244 e. The van der Waals surface area contributed by atoms with Crippen LogP contribution in [0.15, 0.2) is 29.3 Å². The minimum Gasteiger partial charge on any atom is -0.342 e. The Morgan fingerprint density at radius 3 is 2.82 bits per heavy atom. The molecular weight excluding hydrogens is 344 g/mol. The lowest BCUT2D eigenvalue weighted by molar-refractivity contribution is -0.115. The monoisotopic (exact) mass is 358 g/mol. The molecule has 2 aliphatic heterocycles. The topological polar surface area (TPSA) is 66.8 Å². The highest BCUT2D eigenvalue weighted by molar-refractivity contribution is 8.15. The van der Waals surface area contributed by atoms with Crippen molar-refractivity contribution in [3.8, 4) is 0 Å². The summed E-state index contributed by atoms with van der Waals surface area (Å²) in [5.41, 5.74) is 0.894. The van der Waals surface area contributed by atoms with Crippen molar-refractivity contribution < 1.29 is 13.2 Å². The van der Waals surface area contributed by atoms with Gasteiger partial charge in [-0.15, -0.1) is 0 Å². The van der Waals surface area contributed by atoms with Crippen LogP contribution in [-0.2, 0) is 21.2 Å². The molecule has 2 heterocycles. The van der Waals surface area contributed by atoms with Crippen LogP contribution in [-0.4, -0.2) is 47.2 Å². The van der Waals surface area contributed by atoms with Gasteiger partial charge < -0.3 is 4.90 Å². The van der Waals surface area contributed by atoms with Gasteiger partial charge in [0.25, 0.3) is 0 Å². The fourth-order valence-corrected chi connectivity index (χ4v) is 6.96. The predicted octanol–water partition coefficient (Wildman–Crippen LogP) is 1.96. The number of thioether (sulfide) groups is 1. The van der Waals surface area contributed by atoms with Gasteiger partial charge in [-0.3, -0.25) is 4.79 Å². The first-order valence-corrected chi connectivity index (χ1v) is 9.90. The van der Waals surface area contributed by atoms with Gasteiger partial charge in [-0.2, -0.15) is 4.99 Å². The van der Waals surface area contributed by atoms with Gasteiger partial charge in [0, 0.05) is 23.7 Å². The molecular formula is C14H15ClN2O3S2. The number of amides is 1. The Balaban J connectivity index is 1.93. The Kier molecular flexibility index (Phi) is 4.22. The summed E-state index contributed by atoms with van der Waals surface area (Å²) in [6.45, 7) is 1.85. The average Bonchev–Trinajstić information content (AvgIpc) is 2.85. The first-order chi connectivity index (χ1) is 10.4. The first-order valence-electron chi connectivity index (χ1n) is 6.82. The number of carbonyl (C=O) groups excluding carboxylic acids is 1. The van der Waals surface area contributed by atoms with Crippen LogP contribution in [0.25, 0.3) is 0 Å². The summed E-state index contributed by atoms with van der Waals surface area (Å²) >= 11 is 7.57. The van der Waals surface area contributed by atoms with E-state index in [1.165, 1.54) is 18.7 Å². The highest BCUT2D eigenvalue weighted by Gasteiger charge is 2.48. The average molecular weight is 359 g/mol. The van der Waals surface area contributed by atoms with Gasteiger partial charge in [-0.05, 0) is 11.6 Å². The van der Waals surface area contributed by atoms with Crippen molar-refractivity contribution in [2.75, 3.05) is 11.5 Å². The van der Waals surface area contributed by atoms with Crippen LogP contribution in [0.1, 0.15) is 12.5 Å². The van der Waals surface area contributed by atoms with Gasteiger partial charge in [-0.1, -0.05) is 41.6 Å². The number of halogens is 1. The van der Waals surface area contributed by atoms with Gasteiger partial charge in [0.1, 0.15) is 0 Å². The molecule has 2 saturated heterocycles. The standard InChI is InChI=1S/C14H15ClN2O3S2/c1-9(18)16-14-17(6-10-4-2-3-5-11(10)15)12-7-22(19,20)8-13(12)21-14/h2-5,12-13H,6-8H2,1H3. The molecule has 1 aromatic rings. The summed E-state index contributed by atoms with van der Waals surface area (Å²) in [4.78, 5) is 17.3. The number of carbonyl (C=O) groups is 1. The summed E-state index contributed by atoms with van der Waals surface area (Å²) in [5, 5.41) is 1.15. The number of aliphatic imine (C=N–C) groups is 1. The molecule has 2 unspecified atom stereocenters. The summed E-state index contributed by atoms with van der Waals surface area (Å²) < 4.78 is 23.7. The molecule has 8 heteroatoms. The molecule has 0 aliphatic carbocycles. The second-order valence-corrected chi connectivity index (χ2v) is 9.20. The SMILES string of the molecule is CC(=O)N=C1SC2CS(=O)(=O)CC2N1Cc1ccccc1Cl. The van der Waals surface area contributed by atoms with E-state index >= 15 is 0 Å². The van der Waals surface area contributed by atoms with Crippen molar-refractivity contribution in [1.82, 2.24) is 4.90 Å². The molecule has 0 bridgehead atoms. The number of rotatable bonds is 2. The van der Waals surface area contributed by atoms with Crippen molar-refractivity contribution in [2.45, 2.75) is 24.8 Å². The van der Waals surface area contributed by atoms with E-state index in [0.29, 0.717) is 16.7 Å². The summed E-state index contributed by atoms with van der Waals surface area (Å²) in [7, 11) is -3.03. The molecule has 22 heavy (non-hydrogen) atoms. The normalized spacial score (nSPS) is 28.1. The molecule has 3 rings (SSSR count). The van der Waals surface area contributed by atoms with Crippen LogP contribution in [0.4, 0.5) is 0 Å². The van der Waals surface area contributed by atoms with E-state index in [4.69, 9.17) is 11.6 Å². The Bertz CT molecular complexity index is 748. The van der Waals surface area contributed by atoms with Crippen molar-refractivity contribution in [1.29, 1.82) is 0 Å². The lowest BCUT2D eigenvalue weighted by Gasteiger charge is -2.24. The summed E-state index contributed by atoms with van der Waals surface area (Å²) in [6.07, 6.45) is 0. The zero-order chi connectivity index (χ0) is 15.9. The molecule has 2 atom stereocenters. The minimum absolute atomic E-state index is 0.0643. The van der Waals surface area contributed by atoms with E-state index in [2.05, 4.69) is 4.99 Å². The summed E-state index contributed by atoms with van der Waals surface area (Å²) in [5.74, 6) is -0.0425. The molecule has 0 radical (unpaired) electrons. The maximum absolute atomic E-state index is 11.9. The lowest BCUT2D eigenvalue weighted by atomic mass is 10.1. The number of amidine groups is 1. The Morgan fingerprint density at radius 2 is 2.14 bits per heavy atom. The summed E-state index contributed by atoms with van der Waals surface area (Å²) in [6, 6.07) is 7.27. The Hall–Kier alpha value is -1.05. The largest absolute Gasteiger partial charge is 0.342 e. The molecule has 0 saturated carbocycles. The van der Waals surface area contributed by atoms with Crippen molar-refractivity contribution in [3.63, 3.8) is 0 Å². The maximum atomic E-state index is 11.9. The fraction of sp³-hybridized carbons (Fsp3) is 0.429. The molecule has 2 aliphatic rings. The van der Waals surface area contributed by atoms with Crippen molar-refractivity contribution in [3.05, 3.63) is 34.9 Å². The quantitative estimate of drug-likeness (QED) is 0.808. The number of hydrogen-bond donors (Lipinski definition) is 0. The Labute approximate surface area is 138 Å². The van der Waals surface area contributed by atoms with Gasteiger partial charge in [-0.25, -0.2) is 8.42 Å². The van der Waals surface area contributed by atoms with Crippen LogP contribution in [0, 0.1) is 0 Å². The van der Waals surface area contributed by atoms with Gasteiger partial charge >= 0.3 is 0 Å². The molecule has 1 aromatic carbocycles. The van der Waals surface area contributed by atoms with E-state index in [9.17, 15) is 13.2 Å². The molecule has 0 aromatic heterocycles. The third-order valence-electron chi connectivity index (χ3n) is 3.73. The lowest BCUT2D eigenvalue weighted by Crippen LogP contribution is -2.37. The van der Waals surface area contributed by atoms with Crippen LogP contribution >= 0.6 is 23.4 Å². The third kappa shape index (κ3) is 3.16. The second kappa shape index (κ2) is 5.86. The zero-order valence-electron chi connectivity index (χ0n) is 11.9. The number of benzene rings is 1. The van der Waals surface area contributed by atoms with Gasteiger partial charge in [0.2, 0.25) is 5.91 Å². The van der Waals surface area contributed by atoms with Gasteiger partial charge in [0.05, 0.1) is 17.5 Å². The number of hydrogen-bond acceptors (Lipinski definition) is 4. The number of fused-ring (bicyclic) bond motifs is 1. The second-order valence-electron chi connectivity index (χ2n) is 5.43. The van der Waals surface area contributed by atoms with E-state index < -0.39 is 9.84 Å². The predicted molar refractivity (Wildman–Crippen MR) is 88.9 cm³/mol. The highest BCUT2D eigenvalue weighted by Crippen LogP contribution is 2.39. The minimum atomic E-state index is -3.03. The van der Waals surface area contributed by atoms with Crippen LogP contribution < -0.4 is 0 Å². The molecule has 5 nitrogen and oxygen atoms in total. The van der Waals surface area contributed by atoms with E-state index in [1.807, 2.05) is 23.1 Å². The van der Waals surface area contributed by atoms with Crippen LogP contribution in [0.5, 0.6) is 0 Å². The van der Waals surface area contributed by atoms with E-state index in [1.54, 1.807) is 6.07 Å². The van der Waals surface area contributed by atoms with Gasteiger partial charge in [0.15, 0.2) is 15.0 Å². The molecule has 0 spiro atoms. The fourth-order valence-electron chi connectivity index (χ4n) is 2.77. The third-order valence-corrected chi connectivity index (χ3v) is 7.34. The number of nitrogens with zero attached hydrogens (tertiary/aromatic N) is 2. The molecule has 2 fully saturated rings. The van der Waals surface area contributed by atoms with Crippen LogP contribution in [0.2, 0.25) is 5.02 Å². The molecule has 1 amide bonds. The van der Waals surface area contributed by atoms with Crippen molar-refractivity contribution in [2.24, 2.45) is 4.99 Å². The Morgan fingerprint density at radius 1 is 1.41 bits per heavy atom.